The van der Waals surface area contributed by atoms with Gasteiger partial charge in [-0.1, -0.05) is 84.5 Å². The third-order valence-corrected chi connectivity index (χ3v) is 5.16. The number of carbonyl (C=O) groups is 1. The Morgan fingerprint density at radius 2 is 1.24 bits per heavy atom. The molecule has 0 aromatic rings. The van der Waals surface area contributed by atoms with E-state index in [0.29, 0.717) is 25.2 Å². The van der Waals surface area contributed by atoms with Crippen LogP contribution in [0.2, 0.25) is 0 Å². The van der Waals surface area contributed by atoms with Crippen molar-refractivity contribution < 1.29 is 14.3 Å². The highest BCUT2D eigenvalue weighted by molar-refractivity contribution is 5.69. The second-order valence-corrected chi connectivity index (χ2v) is 7.65. The first kappa shape index (κ1) is 22.5. The minimum absolute atomic E-state index is 0.0163. The summed E-state index contributed by atoms with van der Waals surface area (Å²) in [5.74, 6) is -0.0163. The number of ether oxygens (including phenoxy) is 2. The molecule has 0 spiro atoms. The van der Waals surface area contributed by atoms with Crippen LogP contribution in [0.3, 0.4) is 0 Å². The van der Waals surface area contributed by atoms with Gasteiger partial charge >= 0.3 is 5.97 Å². The highest BCUT2D eigenvalue weighted by Crippen LogP contribution is 2.31. The molecule has 1 aliphatic rings. The summed E-state index contributed by atoms with van der Waals surface area (Å²) >= 11 is 0. The second kappa shape index (κ2) is 15.7. The summed E-state index contributed by atoms with van der Waals surface area (Å²) in [6.07, 6.45) is 20.5. The Balaban J connectivity index is 1.77. The highest BCUT2D eigenvalue weighted by atomic mass is 16.6. The van der Waals surface area contributed by atoms with E-state index in [1.54, 1.807) is 0 Å². The molecule has 3 nitrogen and oxygen atoms in total. The van der Waals surface area contributed by atoms with Crippen molar-refractivity contribution in [3.8, 4) is 0 Å². The molecule has 25 heavy (non-hydrogen) atoms. The fourth-order valence-electron chi connectivity index (χ4n) is 3.36. The van der Waals surface area contributed by atoms with Gasteiger partial charge in [-0.3, -0.25) is 4.79 Å². The van der Waals surface area contributed by atoms with Crippen molar-refractivity contribution in [2.45, 2.75) is 129 Å². The van der Waals surface area contributed by atoms with Crippen LogP contribution in [-0.2, 0) is 14.3 Å². The zero-order valence-corrected chi connectivity index (χ0v) is 16.9. The van der Waals surface area contributed by atoms with E-state index >= 15 is 0 Å². The third-order valence-electron chi connectivity index (χ3n) is 5.16. The van der Waals surface area contributed by atoms with Gasteiger partial charge in [-0.25, -0.2) is 0 Å². The van der Waals surface area contributed by atoms with E-state index in [2.05, 4.69) is 13.8 Å². The monoisotopic (exact) mass is 354 g/mol. The van der Waals surface area contributed by atoms with Crippen LogP contribution in [0.25, 0.3) is 0 Å². The molecule has 0 N–H and O–H groups in total. The average Bonchev–Trinajstić information content (AvgIpc) is 3.35. The van der Waals surface area contributed by atoms with Crippen LogP contribution in [0, 0.1) is 0 Å². The van der Waals surface area contributed by atoms with Crippen LogP contribution in [0.4, 0.5) is 0 Å². The highest BCUT2D eigenvalue weighted by Gasteiger charge is 2.36. The van der Waals surface area contributed by atoms with E-state index in [1.165, 1.54) is 70.6 Å². The Kier molecular flexibility index (Phi) is 14.1. The fraction of sp³-hybridized carbons (Fsp3) is 0.955. The maximum atomic E-state index is 11.5. The van der Waals surface area contributed by atoms with Gasteiger partial charge in [0.15, 0.2) is 0 Å². The van der Waals surface area contributed by atoms with E-state index in [-0.39, 0.29) is 5.97 Å². The van der Waals surface area contributed by atoms with Gasteiger partial charge < -0.3 is 9.47 Å². The SMILES string of the molecule is CCCCCCCC[C@@H]1O[C@@H]1CCCCCCCC(=O)OCCCC. The quantitative estimate of drug-likeness (QED) is 0.158. The summed E-state index contributed by atoms with van der Waals surface area (Å²) in [5.41, 5.74) is 0. The molecule has 0 saturated carbocycles. The zero-order chi connectivity index (χ0) is 18.2. The number of esters is 1. The summed E-state index contributed by atoms with van der Waals surface area (Å²) < 4.78 is 11.0. The normalized spacial score (nSPS) is 19.1. The summed E-state index contributed by atoms with van der Waals surface area (Å²) in [7, 11) is 0. The average molecular weight is 355 g/mol. The molecule has 0 radical (unpaired) electrons. The minimum Gasteiger partial charge on any atom is -0.466 e. The zero-order valence-electron chi connectivity index (χ0n) is 16.9. The Hall–Kier alpha value is -0.570. The molecular formula is C22H42O3. The van der Waals surface area contributed by atoms with Crippen LogP contribution >= 0.6 is 0 Å². The molecule has 1 saturated heterocycles. The summed E-state index contributed by atoms with van der Waals surface area (Å²) in [6.45, 7) is 4.97. The van der Waals surface area contributed by atoms with E-state index in [1.807, 2.05) is 0 Å². The predicted octanol–water partition coefficient (Wildman–Crippen LogP) is 6.58. The number of rotatable bonds is 18. The lowest BCUT2D eigenvalue weighted by Gasteiger charge is -2.04. The first-order chi connectivity index (χ1) is 12.3. The molecule has 0 unspecified atom stereocenters. The van der Waals surface area contributed by atoms with Crippen LogP contribution < -0.4 is 0 Å². The lowest BCUT2D eigenvalue weighted by Crippen LogP contribution is -2.05. The first-order valence-electron chi connectivity index (χ1n) is 11.1. The summed E-state index contributed by atoms with van der Waals surface area (Å²) in [4.78, 5) is 11.5. The van der Waals surface area contributed by atoms with Crippen LogP contribution in [0.15, 0.2) is 0 Å². The van der Waals surface area contributed by atoms with Crippen molar-refractivity contribution in [1.82, 2.24) is 0 Å². The summed E-state index contributed by atoms with van der Waals surface area (Å²) in [6, 6.07) is 0. The molecule has 0 amide bonds. The Morgan fingerprint density at radius 1 is 0.720 bits per heavy atom. The van der Waals surface area contributed by atoms with Gasteiger partial charge in [0.1, 0.15) is 0 Å². The lowest BCUT2D eigenvalue weighted by atomic mass is 10.0. The van der Waals surface area contributed by atoms with Gasteiger partial charge in [-0.05, 0) is 25.7 Å². The molecule has 0 aliphatic carbocycles. The van der Waals surface area contributed by atoms with E-state index in [0.717, 1.165) is 25.7 Å². The molecule has 0 bridgehead atoms. The molecule has 1 aliphatic heterocycles. The smallest absolute Gasteiger partial charge is 0.305 e. The Bertz CT molecular complexity index is 316. The molecule has 3 heteroatoms. The van der Waals surface area contributed by atoms with Crippen LogP contribution in [-0.4, -0.2) is 24.8 Å². The van der Waals surface area contributed by atoms with Crippen molar-refractivity contribution in [3.05, 3.63) is 0 Å². The minimum atomic E-state index is -0.0163. The second-order valence-electron chi connectivity index (χ2n) is 7.65. The van der Waals surface area contributed by atoms with Crippen molar-refractivity contribution in [2.24, 2.45) is 0 Å². The van der Waals surface area contributed by atoms with E-state index in [4.69, 9.17) is 9.47 Å². The van der Waals surface area contributed by atoms with Crippen molar-refractivity contribution in [2.75, 3.05) is 6.61 Å². The first-order valence-corrected chi connectivity index (χ1v) is 11.1. The topological polar surface area (TPSA) is 38.8 Å². The molecule has 1 fully saturated rings. The maximum absolute atomic E-state index is 11.5. The Morgan fingerprint density at radius 3 is 1.84 bits per heavy atom. The number of epoxide rings is 1. The number of unbranched alkanes of at least 4 members (excludes halogenated alkanes) is 10. The van der Waals surface area contributed by atoms with Gasteiger partial charge in [0.25, 0.3) is 0 Å². The van der Waals surface area contributed by atoms with Gasteiger partial charge in [-0.15, -0.1) is 0 Å². The molecule has 1 rings (SSSR count). The number of hydrogen-bond donors (Lipinski definition) is 0. The number of carbonyl (C=O) groups excluding carboxylic acids is 1. The van der Waals surface area contributed by atoms with Gasteiger partial charge in [0, 0.05) is 6.42 Å². The maximum Gasteiger partial charge on any atom is 0.305 e. The molecular weight excluding hydrogens is 312 g/mol. The molecule has 148 valence electrons. The van der Waals surface area contributed by atoms with E-state index in [9.17, 15) is 4.79 Å². The van der Waals surface area contributed by atoms with Gasteiger partial charge in [0.2, 0.25) is 0 Å². The third kappa shape index (κ3) is 13.3. The fourth-order valence-corrected chi connectivity index (χ4v) is 3.36. The van der Waals surface area contributed by atoms with Gasteiger partial charge in [-0.2, -0.15) is 0 Å². The Labute approximate surface area is 156 Å². The standard InChI is InChI=1S/C22H42O3/c1-3-5-7-8-10-13-16-20-21(25-20)17-14-11-9-12-15-18-22(23)24-19-6-4-2/h20-21H,3-19H2,1-2H3/t20-,21+/m0/s1. The molecule has 2 atom stereocenters. The largest absolute Gasteiger partial charge is 0.466 e. The van der Waals surface area contributed by atoms with Crippen molar-refractivity contribution in [3.63, 3.8) is 0 Å². The van der Waals surface area contributed by atoms with Crippen molar-refractivity contribution >= 4 is 5.97 Å². The van der Waals surface area contributed by atoms with Crippen molar-refractivity contribution in [1.29, 1.82) is 0 Å². The van der Waals surface area contributed by atoms with Crippen LogP contribution in [0.5, 0.6) is 0 Å². The molecule has 0 aromatic carbocycles. The molecule has 0 aromatic heterocycles. The predicted molar refractivity (Wildman–Crippen MR) is 105 cm³/mol. The molecule has 1 heterocycles. The summed E-state index contributed by atoms with van der Waals surface area (Å²) in [5, 5.41) is 0. The van der Waals surface area contributed by atoms with Crippen LogP contribution in [0.1, 0.15) is 117 Å². The van der Waals surface area contributed by atoms with E-state index < -0.39 is 0 Å². The number of hydrogen-bond acceptors (Lipinski definition) is 3. The van der Waals surface area contributed by atoms with Gasteiger partial charge in [0.05, 0.1) is 18.8 Å². The lowest BCUT2D eigenvalue weighted by molar-refractivity contribution is -0.143.